The fraction of sp³-hybridized carbons (Fsp3) is 0.227. The van der Waals surface area contributed by atoms with E-state index in [1.54, 1.807) is 6.92 Å². The summed E-state index contributed by atoms with van der Waals surface area (Å²) >= 11 is 0. The van der Waals surface area contributed by atoms with Crippen molar-refractivity contribution in [1.29, 1.82) is 0 Å². The second-order valence-corrected chi connectivity index (χ2v) is 6.95. The first kappa shape index (κ1) is 19.4. The third-order valence-electron chi connectivity index (χ3n) is 4.62. The number of hydrogen-bond acceptors (Lipinski definition) is 4. The van der Waals surface area contributed by atoms with E-state index in [1.165, 1.54) is 11.9 Å². The van der Waals surface area contributed by atoms with Crippen molar-refractivity contribution in [3.8, 4) is 11.1 Å². The third-order valence-corrected chi connectivity index (χ3v) is 4.62. The molecule has 28 heavy (non-hydrogen) atoms. The van der Waals surface area contributed by atoms with Gasteiger partial charge in [-0.15, -0.1) is 0 Å². The molecule has 0 unspecified atom stereocenters. The molecule has 6 heteroatoms. The molecule has 1 aliphatic rings. The molecule has 2 N–H and O–H groups in total. The highest BCUT2D eigenvalue weighted by Crippen LogP contribution is 2.22. The molecule has 1 aliphatic heterocycles. The van der Waals surface area contributed by atoms with E-state index in [1.807, 2.05) is 48.5 Å². The predicted octanol–water partition coefficient (Wildman–Crippen LogP) is 2.39. The highest BCUT2D eigenvalue weighted by Gasteiger charge is 2.31. The number of benzene rings is 2. The van der Waals surface area contributed by atoms with Crippen molar-refractivity contribution in [1.82, 2.24) is 10.2 Å². The summed E-state index contributed by atoms with van der Waals surface area (Å²) in [5, 5.41) is 12.5. The van der Waals surface area contributed by atoms with Crippen LogP contribution < -0.4 is 5.32 Å². The van der Waals surface area contributed by atoms with Gasteiger partial charge in [-0.2, -0.15) is 0 Å². The number of Topliss-reactive ketones (excluding diaryl/α,β-unsaturated/α-hetero) is 1. The van der Waals surface area contributed by atoms with Crippen molar-refractivity contribution in [2.45, 2.75) is 19.9 Å². The number of ketones is 1. The summed E-state index contributed by atoms with van der Waals surface area (Å²) in [5.41, 5.74) is 3.98. The van der Waals surface area contributed by atoms with Crippen LogP contribution in [0.25, 0.3) is 11.1 Å². The van der Waals surface area contributed by atoms with E-state index in [9.17, 15) is 19.5 Å². The molecular formula is C22H22N2O4. The first-order chi connectivity index (χ1) is 13.3. The molecule has 2 aromatic carbocycles. The molecule has 0 spiro atoms. The molecular weight excluding hydrogens is 356 g/mol. The molecule has 144 valence electrons. The summed E-state index contributed by atoms with van der Waals surface area (Å²) in [7, 11) is 1.53. The standard InChI is InChI=1S/C22H22N2O4/c1-14(25)10-15-6-8-17(9-7-15)18-5-3-4-16(11-18)12-23-21(27)19-13-24(2)22(28)20(19)26/h3-9,11,26H,10,12-13H2,1-2H3,(H,23,27). The monoisotopic (exact) mass is 378 g/mol. The lowest BCUT2D eigenvalue weighted by atomic mass is 10.0. The first-order valence-corrected chi connectivity index (χ1v) is 8.98. The second kappa shape index (κ2) is 8.08. The van der Waals surface area contributed by atoms with Gasteiger partial charge < -0.3 is 15.3 Å². The van der Waals surface area contributed by atoms with Gasteiger partial charge >= 0.3 is 0 Å². The molecule has 0 aliphatic carbocycles. The average molecular weight is 378 g/mol. The molecule has 1 heterocycles. The van der Waals surface area contributed by atoms with E-state index in [0.29, 0.717) is 6.42 Å². The van der Waals surface area contributed by atoms with Gasteiger partial charge in [-0.05, 0) is 35.2 Å². The summed E-state index contributed by atoms with van der Waals surface area (Å²) in [6.07, 6.45) is 0.423. The fourth-order valence-corrected chi connectivity index (χ4v) is 3.13. The Morgan fingerprint density at radius 2 is 1.79 bits per heavy atom. The molecule has 0 aromatic heterocycles. The minimum Gasteiger partial charge on any atom is -0.503 e. The SMILES string of the molecule is CC(=O)Cc1ccc(-c2cccc(CNC(=O)C3=C(O)C(=O)N(C)C3)c2)cc1. The van der Waals surface area contributed by atoms with Crippen LogP contribution in [-0.2, 0) is 27.3 Å². The number of nitrogens with one attached hydrogen (secondary N) is 1. The number of carbonyl (C=O) groups is 3. The lowest BCUT2D eigenvalue weighted by molar-refractivity contribution is -0.126. The van der Waals surface area contributed by atoms with Gasteiger partial charge in [0, 0.05) is 20.0 Å². The van der Waals surface area contributed by atoms with Crippen LogP contribution >= 0.6 is 0 Å². The zero-order valence-electron chi connectivity index (χ0n) is 15.9. The molecule has 0 atom stereocenters. The Kier molecular flexibility index (Phi) is 5.59. The number of likely N-dealkylation sites (N-methyl/N-ethyl adjacent to an activating group) is 1. The summed E-state index contributed by atoms with van der Waals surface area (Å²) < 4.78 is 0. The van der Waals surface area contributed by atoms with Gasteiger partial charge in [0.05, 0.1) is 12.1 Å². The van der Waals surface area contributed by atoms with Crippen LogP contribution in [0.4, 0.5) is 0 Å². The normalized spacial score (nSPS) is 13.8. The van der Waals surface area contributed by atoms with E-state index in [-0.39, 0.29) is 24.4 Å². The first-order valence-electron chi connectivity index (χ1n) is 8.98. The lowest BCUT2D eigenvalue weighted by Gasteiger charge is -2.10. The van der Waals surface area contributed by atoms with Crippen molar-refractivity contribution in [3.05, 3.63) is 71.0 Å². The number of aliphatic hydroxyl groups excluding tert-OH is 1. The quantitative estimate of drug-likeness (QED) is 0.808. The van der Waals surface area contributed by atoms with E-state index in [4.69, 9.17) is 0 Å². The number of hydrogen-bond donors (Lipinski definition) is 2. The molecule has 0 radical (unpaired) electrons. The average Bonchev–Trinajstić information content (AvgIpc) is 2.94. The van der Waals surface area contributed by atoms with E-state index in [2.05, 4.69) is 5.32 Å². The Bertz CT molecular complexity index is 961. The van der Waals surface area contributed by atoms with Crippen molar-refractivity contribution in [3.63, 3.8) is 0 Å². The van der Waals surface area contributed by atoms with Gasteiger partial charge in [0.2, 0.25) is 0 Å². The molecule has 3 rings (SSSR count). The van der Waals surface area contributed by atoms with Crippen LogP contribution in [0.15, 0.2) is 59.9 Å². The predicted molar refractivity (Wildman–Crippen MR) is 105 cm³/mol. The Hall–Kier alpha value is -3.41. The topological polar surface area (TPSA) is 86.7 Å². The van der Waals surface area contributed by atoms with Gasteiger partial charge in [0.15, 0.2) is 5.76 Å². The van der Waals surface area contributed by atoms with Crippen molar-refractivity contribution in [2.24, 2.45) is 0 Å². The van der Waals surface area contributed by atoms with Gasteiger partial charge in [-0.25, -0.2) is 0 Å². The maximum atomic E-state index is 12.3. The molecule has 0 bridgehead atoms. The molecule has 0 saturated carbocycles. The van der Waals surface area contributed by atoms with Crippen LogP contribution in [0.3, 0.4) is 0 Å². The van der Waals surface area contributed by atoms with Gasteiger partial charge in [0.1, 0.15) is 5.78 Å². The number of amides is 2. The fourth-order valence-electron chi connectivity index (χ4n) is 3.13. The van der Waals surface area contributed by atoms with Crippen LogP contribution in [0.1, 0.15) is 18.1 Å². The summed E-state index contributed by atoms with van der Waals surface area (Å²) in [6, 6.07) is 15.6. The van der Waals surface area contributed by atoms with E-state index in [0.717, 1.165) is 22.3 Å². The lowest BCUT2D eigenvalue weighted by Crippen LogP contribution is -2.27. The Morgan fingerprint density at radius 3 is 2.39 bits per heavy atom. The smallest absolute Gasteiger partial charge is 0.289 e. The van der Waals surface area contributed by atoms with E-state index >= 15 is 0 Å². The maximum Gasteiger partial charge on any atom is 0.289 e. The minimum absolute atomic E-state index is 0.0877. The zero-order valence-corrected chi connectivity index (χ0v) is 15.9. The van der Waals surface area contributed by atoms with Gasteiger partial charge in [-0.1, -0.05) is 42.5 Å². The summed E-state index contributed by atoms with van der Waals surface area (Å²) in [6.45, 7) is 1.95. The summed E-state index contributed by atoms with van der Waals surface area (Å²) in [4.78, 5) is 36.4. The minimum atomic E-state index is -0.541. The van der Waals surface area contributed by atoms with Crippen LogP contribution in [0, 0.1) is 0 Å². The Labute approximate surface area is 163 Å². The number of carbonyl (C=O) groups excluding carboxylic acids is 3. The number of rotatable bonds is 6. The summed E-state index contributed by atoms with van der Waals surface area (Å²) in [5.74, 6) is -1.35. The second-order valence-electron chi connectivity index (χ2n) is 6.95. The molecule has 0 saturated heterocycles. The van der Waals surface area contributed by atoms with Crippen molar-refractivity contribution >= 4 is 17.6 Å². The molecule has 6 nitrogen and oxygen atoms in total. The van der Waals surface area contributed by atoms with Crippen molar-refractivity contribution < 1.29 is 19.5 Å². The largest absolute Gasteiger partial charge is 0.503 e. The number of aliphatic hydroxyl groups is 1. The molecule has 0 fully saturated rings. The van der Waals surface area contributed by atoms with E-state index < -0.39 is 17.6 Å². The van der Waals surface area contributed by atoms with Crippen LogP contribution in [-0.4, -0.2) is 41.2 Å². The highest BCUT2D eigenvalue weighted by atomic mass is 16.3. The Balaban J connectivity index is 1.68. The maximum absolute atomic E-state index is 12.3. The molecule has 2 aromatic rings. The van der Waals surface area contributed by atoms with Gasteiger partial charge in [0.25, 0.3) is 11.8 Å². The van der Waals surface area contributed by atoms with Crippen LogP contribution in [0.5, 0.6) is 0 Å². The van der Waals surface area contributed by atoms with Crippen LogP contribution in [0.2, 0.25) is 0 Å². The highest BCUT2D eigenvalue weighted by molar-refractivity contribution is 6.06. The zero-order chi connectivity index (χ0) is 20.3. The van der Waals surface area contributed by atoms with Gasteiger partial charge in [-0.3, -0.25) is 14.4 Å². The van der Waals surface area contributed by atoms with Crippen molar-refractivity contribution in [2.75, 3.05) is 13.6 Å². The third kappa shape index (κ3) is 4.28. The molecule has 2 amide bonds. The Morgan fingerprint density at radius 1 is 1.07 bits per heavy atom. The number of nitrogens with zero attached hydrogens (tertiary/aromatic N) is 1.